The minimum absolute atomic E-state index is 0.0669. The van der Waals surface area contributed by atoms with Gasteiger partial charge in [-0.1, -0.05) is 136 Å². The van der Waals surface area contributed by atoms with Crippen molar-refractivity contribution in [2.45, 2.75) is 181 Å². The first kappa shape index (κ1) is 37.4. The molecule has 1 atom stereocenters. The first-order valence-electron chi connectivity index (χ1n) is 16.5. The van der Waals surface area contributed by atoms with Crippen LogP contribution in [0.3, 0.4) is 0 Å². The Labute approximate surface area is 240 Å². The second kappa shape index (κ2) is 29.4. The molecule has 0 aliphatic rings. The summed E-state index contributed by atoms with van der Waals surface area (Å²) in [6.45, 7) is 6.45. The van der Waals surface area contributed by atoms with E-state index in [1.807, 2.05) is 0 Å². The Kier molecular flexibility index (Phi) is 28.2. The van der Waals surface area contributed by atoms with Gasteiger partial charge in [0.2, 0.25) is 0 Å². The summed E-state index contributed by atoms with van der Waals surface area (Å²) in [5.41, 5.74) is 0. The van der Waals surface area contributed by atoms with E-state index in [0.717, 1.165) is 64.2 Å². The molecule has 0 bridgehead atoms. The van der Waals surface area contributed by atoms with Crippen LogP contribution in [0.4, 0.5) is 0 Å². The predicted octanol–water partition coefficient (Wildman–Crippen LogP) is 9.41. The summed E-state index contributed by atoms with van der Waals surface area (Å²) in [4.78, 5) is 36.8. The van der Waals surface area contributed by atoms with Crippen LogP contribution in [0.5, 0.6) is 0 Å². The predicted molar refractivity (Wildman–Crippen MR) is 160 cm³/mol. The lowest BCUT2D eigenvalue weighted by molar-refractivity contribution is -0.167. The van der Waals surface area contributed by atoms with Gasteiger partial charge < -0.3 is 14.2 Å². The Balaban J connectivity index is 4.33. The van der Waals surface area contributed by atoms with Crippen molar-refractivity contribution in [3.05, 3.63) is 0 Å². The lowest BCUT2D eigenvalue weighted by Crippen LogP contribution is -2.30. The van der Waals surface area contributed by atoms with Crippen molar-refractivity contribution in [3.8, 4) is 0 Å². The van der Waals surface area contributed by atoms with E-state index in [1.165, 1.54) is 70.6 Å². The van der Waals surface area contributed by atoms with Crippen LogP contribution in [0, 0.1) is 0 Å². The third-order valence-electron chi connectivity index (χ3n) is 7.11. The molecule has 1 unspecified atom stereocenters. The average molecular weight is 555 g/mol. The van der Waals surface area contributed by atoms with Crippen molar-refractivity contribution in [3.63, 3.8) is 0 Å². The number of carbonyl (C=O) groups excluding carboxylic acids is 3. The summed E-state index contributed by atoms with van der Waals surface area (Å²) < 4.78 is 16.3. The quantitative estimate of drug-likeness (QED) is 0.0520. The fourth-order valence-electron chi connectivity index (χ4n) is 4.56. The molecule has 0 radical (unpaired) electrons. The van der Waals surface area contributed by atoms with Crippen molar-refractivity contribution in [1.29, 1.82) is 0 Å². The van der Waals surface area contributed by atoms with Crippen molar-refractivity contribution >= 4 is 17.9 Å². The maximum atomic E-state index is 12.4. The van der Waals surface area contributed by atoms with Crippen molar-refractivity contribution < 1.29 is 28.6 Å². The number of carbonyl (C=O) groups is 3. The normalized spacial score (nSPS) is 11.8. The molecule has 0 aliphatic heterocycles. The van der Waals surface area contributed by atoms with Gasteiger partial charge in [-0.2, -0.15) is 0 Å². The van der Waals surface area contributed by atoms with Gasteiger partial charge in [-0.25, -0.2) is 0 Å². The zero-order valence-corrected chi connectivity index (χ0v) is 25.9. The van der Waals surface area contributed by atoms with Gasteiger partial charge in [0.05, 0.1) is 0 Å². The number of esters is 3. The molecule has 6 heteroatoms. The van der Waals surface area contributed by atoms with Crippen molar-refractivity contribution in [1.82, 2.24) is 0 Å². The van der Waals surface area contributed by atoms with E-state index in [1.54, 1.807) is 0 Å². The molecule has 0 aliphatic carbocycles. The van der Waals surface area contributed by atoms with E-state index in [-0.39, 0.29) is 31.1 Å². The zero-order valence-electron chi connectivity index (χ0n) is 25.9. The highest BCUT2D eigenvalue weighted by Crippen LogP contribution is 2.13. The maximum Gasteiger partial charge on any atom is 0.306 e. The van der Waals surface area contributed by atoms with Crippen LogP contribution >= 0.6 is 0 Å². The maximum absolute atomic E-state index is 12.4. The van der Waals surface area contributed by atoms with Crippen LogP contribution in [0.15, 0.2) is 0 Å². The molecule has 230 valence electrons. The molecule has 0 N–H and O–H groups in total. The fourth-order valence-corrected chi connectivity index (χ4v) is 4.56. The highest BCUT2D eigenvalue weighted by molar-refractivity contribution is 5.71. The van der Waals surface area contributed by atoms with E-state index in [4.69, 9.17) is 14.2 Å². The van der Waals surface area contributed by atoms with Gasteiger partial charge in [-0.3, -0.25) is 14.4 Å². The first-order chi connectivity index (χ1) is 19.0. The van der Waals surface area contributed by atoms with Gasteiger partial charge in [0, 0.05) is 19.3 Å². The Morgan fingerprint density at radius 1 is 0.410 bits per heavy atom. The SMILES string of the molecule is CCCCCCCCCCCC(=O)OC(COC(=O)CCCCCCC)COC(=O)CCCCCCCCC. The molecule has 0 amide bonds. The van der Waals surface area contributed by atoms with Gasteiger partial charge in [0.1, 0.15) is 13.2 Å². The second-order valence-electron chi connectivity index (χ2n) is 11.1. The third-order valence-corrected chi connectivity index (χ3v) is 7.11. The Morgan fingerprint density at radius 2 is 0.692 bits per heavy atom. The molecular formula is C33H62O6. The van der Waals surface area contributed by atoms with E-state index in [9.17, 15) is 14.4 Å². The molecular weight excluding hydrogens is 492 g/mol. The molecule has 0 aromatic rings. The molecule has 39 heavy (non-hydrogen) atoms. The van der Waals surface area contributed by atoms with Gasteiger partial charge in [0.25, 0.3) is 0 Å². The smallest absolute Gasteiger partial charge is 0.306 e. The van der Waals surface area contributed by atoms with Crippen LogP contribution < -0.4 is 0 Å². The molecule has 0 saturated heterocycles. The molecule has 6 nitrogen and oxygen atoms in total. The standard InChI is InChI=1S/C33H62O6/c1-4-7-10-13-15-16-18-21-24-27-33(36)39-30(28-37-31(34)25-22-19-12-9-6-3)29-38-32(35)26-23-20-17-14-11-8-5-2/h30H,4-29H2,1-3H3. The van der Waals surface area contributed by atoms with Crippen molar-refractivity contribution in [2.24, 2.45) is 0 Å². The van der Waals surface area contributed by atoms with Crippen molar-refractivity contribution in [2.75, 3.05) is 13.2 Å². The Morgan fingerprint density at radius 3 is 1.03 bits per heavy atom. The van der Waals surface area contributed by atoms with Crippen LogP contribution in [-0.4, -0.2) is 37.2 Å². The minimum Gasteiger partial charge on any atom is -0.462 e. The van der Waals surface area contributed by atoms with E-state index < -0.39 is 6.10 Å². The van der Waals surface area contributed by atoms with Gasteiger partial charge >= 0.3 is 17.9 Å². The van der Waals surface area contributed by atoms with E-state index >= 15 is 0 Å². The lowest BCUT2D eigenvalue weighted by atomic mass is 10.1. The molecule has 0 saturated carbocycles. The minimum atomic E-state index is -0.752. The van der Waals surface area contributed by atoms with Gasteiger partial charge in [-0.05, 0) is 19.3 Å². The molecule has 0 spiro atoms. The second-order valence-corrected chi connectivity index (χ2v) is 11.1. The number of ether oxygens (including phenoxy) is 3. The van der Waals surface area contributed by atoms with Gasteiger partial charge in [-0.15, -0.1) is 0 Å². The van der Waals surface area contributed by atoms with Gasteiger partial charge in [0.15, 0.2) is 6.10 Å². The molecule has 0 rings (SSSR count). The topological polar surface area (TPSA) is 78.9 Å². The first-order valence-corrected chi connectivity index (χ1v) is 16.5. The number of rotatable bonds is 29. The highest BCUT2D eigenvalue weighted by Gasteiger charge is 2.19. The fraction of sp³-hybridized carbons (Fsp3) is 0.909. The van der Waals surface area contributed by atoms with E-state index in [0.29, 0.717) is 19.3 Å². The van der Waals surface area contributed by atoms with Crippen LogP contribution in [0.1, 0.15) is 175 Å². The van der Waals surface area contributed by atoms with Crippen LogP contribution in [0.25, 0.3) is 0 Å². The van der Waals surface area contributed by atoms with Crippen LogP contribution in [0.2, 0.25) is 0 Å². The summed E-state index contributed by atoms with van der Waals surface area (Å²) in [6.07, 6.45) is 24.1. The summed E-state index contributed by atoms with van der Waals surface area (Å²) in [5.74, 6) is -0.895. The number of unbranched alkanes of at least 4 members (excludes halogenated alkanes) is 18. The van der Waals surface area contributed by atoms with E-state index in [2.05, 4.69) is 20.8 Å². The van der Waals surface area contributed by atoms with Crippen LogP contribution in [-0.2, 0) is 28.6 Å². The monoisotopic (exact) mass is 554 g/mol. The summed E-state index contributed by atoms with van der Waals surface area (Å²) >= 11 is 0. The summed E-state index contributed by atoms with van der Waals surface area (Å²) in [5, 5.41) is 0. The Hall–Kier alpha value is -1.59. The molecule has 0 aromatic carbocycles. The molecule has 0 aromatic heterocycles. The number of hydrogen-bond donors (Lipinski definition) is 0. The largest absolute Gasteiger partial charge is 0.462 e. The average Bonchev–Trinajstić information content (AvgIpc) is 2.93. The number of hydrogen-bond acceptors (Lipinski definition) is 6. The Bertz CT molecular complexity index is 577. The highest BCUT2D eigenvalue weighted by atomic mass is 16.6. The molecule has 0 fully saturated rings. The summed E-state index contributed by atoms with van der Waals surface area (Å²) in [6, 6.07) is 0. The summed E-state index contributed by atoms with van der Waals surface area (Å²) in [7, 11) is 0. The third kappa shape index (κ3) is 27.8. The molecule has 0 heterocycles. The lowest BCUT2D eigenvalue weighted by Gasteiger charge is -2.18. The zero-order chi connectivity index (χ0) is 28.8.